The van der Waals surface area contributed by atoms with Crippen molar-refractivity contribution in [1.82, 2.24) is 5.06 Å². The van der Waals surface area contributed by atoms with E-state index in [4.69, 9.17) is 4.84 Å². The van der Waals surface area contributed by atoms with Crippen LogP contribution in [0.4, 0.5) is 0 Å². The fourth-order valence-corrected chi connectivity index (χ4v) is 1.66. The van der Waals surface area contributed by atoms with Gasteiger partial charge in [-0.3, -0.25) is 9.59 Å². The molecule has 1 fully saturated rings. The highest BCUT2D eigenvalue weighted by molar-refractivity contribution is 6.01. The molecule has 5 nitrogen and oxygen atoms in total. The number of rotatable bonds is 3. The van der Waals surface area contributed by atoms with Crippen molar-refractivity contribution in [3.05, 3.63) is 35.4 Å². The SMILES string of the molecule is Cc1ccc(CC(=O)ON2C(=O)CCC2=O)cc1. The van der Waals surface area contributed by atoms with Crippen molar-refractivity contribution in [3.63, 3.8) is 0 Å². The minimum absolute atomic E-state index is 0.0390. The van der Waals surface area contributed by atoms with Crippen LogP contribution in [0.5, 0.6) is 0 Å². The molecule has 0 unspecified atom stereocenters. The summed E-state index contributed by atoms with van der Waals surface area (Å²) < 4.78 is 0. The molecule has 0 N–H and O–H groups in total. The highest BCUT2D eigenvalue weighted by Gasteiger charge is 2.32. The Hall–Kier alpha value is -2.17. The van der Waals surface area contributed by atoms with Crippen molar-refractivity contribution in [1.29, 1.82) is 0 Å². The number of benzene rings is 1. The largest absolute Gasteiger partial charge is 0.337 e. The van der Waals surface area contributed by atoms with Gasteiger partial charge in [-0.1, -0.05) is 29.8 Å². The first-order valence-corrected chi connectivity index (χ1v) is 5.68. The Morgan fingerprint density at radius 1 is 1.17 bits per heavy atom. The summed E-state index contributed by atoms with van der Waals surface area (Å²) in [6.07, 6.45) is 0.255. The first-order chi connectivity index (χ1) is 8.56. The summed E-state index contributed by atoms with van der Waals surface area (Å²) in [5.41, 5.74) is 1.88. The molecule has 0 spiro atoms. The fourth-order valence-electron chi connectivity index (χ4n) is 1.66. The lowest BCUT2D eigenvalue weighted by molar-refractivity contribution is -0.197. The maximum atomic E-state index is 11.6. The number of carbonyl (C=O) groups excluding carboxylic acids is 3. The summed E-state index contributed by atoms with van der Waals surface area (Å²) in [5.74, 6) is -1.53. The molecule has 0 aromatic heterocycles. The quantitative estimate of drug-likeness (QED) is 0.751. The lowest BCUT2D eigenvalue weighted by Gasteiger charge is -2.12. The molecule has 1 heterocycles. The average molecular weight is 247 g/mol. The van der Waals surface area contributed by atoms with Gasteiger partial charge in [-0.05, 0) is 12.5 Å². The molecule has 0 aliphatic carbocycles. The van der Waals surface area contributed by atoms with Crippen molar-refractivity contribution >= 4 is 17.8 Å². The van der Waals surface area contributed by atoms with Crippen LogP contribution < -0.4 is 0 Å². The number of aryl methyl sites for hydroxylation is 1. The van der Waals surface area contributed by atoms with Crippen LogP contribution in [0.3, 0.4) is 0 Å². The lowest BCUT2D eigenvalue weighted by atomic mass is 10.1. The van der Waals surface area contributed by atoms with E-state index in [1.54, 1.807) is 0 Å². The van der Waals surface area contributed by atoms with Gasteiger partial charge in [0.25, 0.3) is 11.8 Å². The molecule has 18 heavy (non-hydrogen) atoms. The van der Waals surface area contributed by atoms with Gasteiger partial charge in [0.15, 0.2) is 0 Å². The molecule has 1 aromatic rings. The van der Waals surface area contributed by atoms with Crippen molar-refractivity contribution in [3.8, 4) is 0 Å². The van der Waals surface area contributed by atoms with E-state index in [-0.39, 0.29) is 19.3 Å². The van der Waals surface area contributed by atoms with E-state index < -0.39 is 17.8 Å². The van der Waals surface area contributed by atoms with Gasteiger partial charge < -0.3 is 4.84 Å². The van der Waals surface area contributed by atoms with E-state index >= 15 is 0 Å². The molecular weight excluding hydrogens is 234 g/mol. The number of nitrogens with zero attached hydrogens (tertiary/aromatic N) is 1. The lowest BCUT2D eigenvalue weighted by Crippen LogP contribution is -2.32. The number of hydrogen-bond donors (Lipinski definition) is 0. The molecule has 1 saturated heterocycles. The molecule has 1 aromatic carbocycles. The van der Waals surface area contributed by atoms with Gasteiger partial charge in [-0.15, -0.1) is 5.06 Å². The average Bonchev–Trinajstić information content (AvgIpc) is 2.64. The van der Waals surface area contributed by atoms with Crippen molar-refractivity contribution in [2.45, 2.75) is 26.2 Å². The van der Waals surface area contributed by atoms with E-state index in [1.165, 1.54) is 0 Å². The zero-order valence-corrected chi connectivity index (χ0v) is 10.0. The number of hydrogen-bond acceptors (Lipinski definition) is 4. The Kier molecular flexibility index (Phi) is 3.41. The Morgan fingerprint density at radius 3 is 2.28 bits per heavy atom. The van der Waals surface area contributed by atoms with Gasteiger partial charge in [0.2, 0.25) is 0 Å². The second-order valence-corrected chi connectivity index (χ2v) is 4.21. The van der Waals surface area contributed by atoms with Crippen molar-refractivity contribution in [2.24, 2.45) is 0 Å². The van der Waals surface area contributed by atoms with Gasteiger partial charge in [-0.2, -0.15) is 0 Å². The van der Waals surface area contributed by atoms with E-state index in [2.05, 4.69) is 0 Å². The number of carbonyl (C=O) groups is 3. The first-order valence-electron chi connectivity index (χ1n) is 5.68. The van der Waals surface area contributed by atoms with E-state index in [0.717, 1.165) is 11.1 Å². The Bertz CT molecular complexity index is 476. The summed E-state index contributed by atoms with van der Waals surface area (Å²) in [5, 5.41) is 0.566. The van der Waals surface area contributed by atoms with Crippen LogP contribution in [0, 0.1) is 6.92 Å². The summed E-state index contributed by atoms with van der Waals surface area (Å²) >= 11 is 0. The molecule has 1 aliphatic heterocycles. The zero-order valence-electron chi connectivity index (χ0n) is 10.0. The Labute approximate surface area is 104 Å². The van der Waals surface area contributed by atoms with Gasteiger partial charge in [0.05, 0.1) is 6.42 Å². The fraction of sp³-hybridized carbons (Fsp3) is 0.308. The number of hydroxylamine groups is 2. The van der Waals surface area contributed by atoms with Crippen LogP contribution >= 0.6 is 0 Å². The van der Waals surface area contributed by atoms with E-state index in [9.17, 15) is 14.4 Å². The smallest absolute Gasteiger partial charge is 0.330 e. The summed E-state index contributed by atoms with van der Waals surface area (Å²) in [6.45, 7) is 1.95. The van der Waals surface area contributed by atoms with Crippen LogP contribution in [-0.2, 0) is 25.6 Å². The minimum Gasteiger partial charge on any atom is -0.330 e. The maximum absolute atomic E-state index is 11.6. The Morgan fingerprint density at radius 2 is 1.72 bits per heavy atom. The molecule has 2 rings (SSSR count). The van der Waals surface area contributed by atoms with Crippen molar-refractivity contribution < 1.29 is 19.2 Å². The van der Waals surface area contributed by atoms with Crippen LogP contribution in [0.2, 0.25) is 0 Å². The van der Waals surface area contributed by atoms with Crippen LogP contribution in [0.25, 0.3) is 0 Å². The third-order valence-corrected chi connectivity index (χ3v) is 2.67. The molecular formula is C13H13NO4. The third kappa shape index (κ3) is 2.74. The predicted octanol–water partition coefficient (Wildman–Crippen LogP) is 1.14. The zero-order chi connectivity index (χ0) is 13.1. The monoisotopic (exact) mass is 247 g/mol. The summed E-state index contributed by atoms with van der Waals surface area (Å²) in [7, 11) is 0. The molecule has 1 aliphatic rings. The van der Waals surface area contributed by atoms with Crippen LogP contribution in [0.15, 0.2) is 24.3 Å². The van der Waals surface area contributed by atoms with E-state index in [0.29, 0.717) is 5.06 Å². The summed E-state index contributed by atoms with van der Waals surface area (Å²) in [4.78, 5) is 38.8. The van der Waals surface area contributed by atoms with Gasteiger partial charge in [0.1, 0.15) is 0 Å². The first kappa shape index (κ1) is 12.3. The highest BCUT2D eigenvalue weighted by Crippen LogP contribution is 2.13. The third-order valence-electron chi connectivity index (χ3n) is 2.67. The second kappa shape index (κ2) is 5.00. The van der Waals surface area contributed by atoms with Gasteiger partial charge in [0, 0.05) is 12.8 Å². The normalized spacial score (nSPS) is 15.1. The van der Waals surface area contributed by atoms with Crippen LogP contribution in [0.1, 0.15) is 24.0 Å². The maximum Gasteiger partial charge on any atom is 0.337 e. The minimum atomic E-state index is -0.609. The molecule has 2 amide bonds. The van der Waals surface area contributed by atoms with Crippen molar-refractivity contribution in [2.75, 3.05) is 0 Å². The molecule has 0 bridgehead atoms. The summed E-state index contributed by atoms with van der Waals surface area (Å²) in [6, 6.07) is 7.39. The highest BCUT2D eigenvalue weighted by atomic mass is 16.7. The molecule has 0 saturated carbocycles. The predicted molar refractivity (Wildman–Crippen MR) is 62.1 cm³/mol. The van der Waals surface area contributed by atoms with Crippen LogP contribution in [-0.4, -0.2) is 22.8 Å². The molecule has 5 heteroatoms. The topological polar surface area (TPSA) is 63.7 Å². The van der Waals surface area contributed by atoms with Gasteiger partial charge in [-0.25, -0.2) is 4.79 Å². The standard InChI is InChI=1S/C13H13NO4/c1-9-2-4-10(5-3-9)8-13(17)18-14-11(15)6-7-12(14)16/h2-5H,6-8H2,1H3. The van der Waals surface area contributed by atoms with E-state index in [1.807, 2.05) is 31.2 Å². The number of amides is 2. The number of imide groups is 1. The van der Waals surface area contributed by atoms with Gasteiger partial charge >= 0.3 is 5.97 Å². The molecule has 94 valence electrons. The Balaban J connectivity index is 1.94. The molecule has 0 radical (unpaired) electrons. The molecule has 0 atom stereocenters. The second-order valence-electron chi connectivity index (χ2n) is 4.21.